The molecule has 0 radical (unpaired) electrons. The van der Waals surface area contributed by atoms with Gasteiger partial charge in [0.15, 0.2) is 0 Å². The van der Waals surface area contributed by atoms with E-state index in [2.05, 4.69) is 38.1 Å². The van der Waals surface area contributed by atoms with Gasteiger partial charge in [0.1, 0.15) is 0 Å². The number of hydrogen-bond donors (Lipinski definition) is 1. The Labute approximate surface area is 68.4 Å². The maximum atomic E-state index is 5.61. The van der Waals surface area contributed by atoms with E-state index in [4.69, 9.17) is 5.73 Å². The summed E-state index contributed by atoms with van der Waals surface area (Å²) in [5.74, 6) is 0. The first-order valence-electron chi connectivity index (χ1n) is 3.87. The smallest absolute Gasteiger partial charge is 0.0396 e. The lowest BCUT2D eigenvalue weighted by Crippen LogP contribution is -2.40. The van der Waals surface area contributed by atoms with Gasteiger partial charge in [0, 0.05) is 11.2 Å². The summed E-state index contributed by atoms with van der Waals surface area (Å²) in [7, 11) is 4.17. The molecule has 2 nitrogen and oxygen atoms in total. The molecule has 0 saturated heterocycles. The molecule has 2 N–H and O–H groups in total. The molecule has 0 aromatic heterocycles. The van der Waals surface area contributed by atoms with Crippen molar-refractivity contribution in [1.29, 1.82) is 0 Å². The monoisotopic (exact) mass is 152 g/mol. The third-order valence-electron chi connectivity index (χ3n) is 2.41. The highest BCUT2D eigenvalue weighted by Crippen LogP contribution is 2.23. The molecule has 0 heterocycles. The van der Waals surface area contributed by atoms with Crippen LogP contribution >= 0.6 is 0 Å². The van der Waals surface area contributed by atoms with E-state index in [1.807, 2.05) is 6.08 Å². The van der Waals surface area contributed by atoms with Gasteiger partial charge >= 0.3 is 0 Å². The van der Waals surface area contributed by atoms with Crippen LogP contribution in [0.5, 0.6) is 0 Å². The van der Waals surface area contributed by atoms with Gasteiger partial charge < -0.3 is 10.6 Å². The van der Waals surface area contributed by atoms with Gasteiger partial charge in [-0.15, -0.1) is 0 Å². The van der Waals surface area contributed by atoms with E-state index in [-0.39, 0.29) is 5.54 Å². The Balaban J connectivity index is 2.74. The minimum atomic E-state index is 0.156. The fourth-order valence-corrected chi connectivity index (χ4v) is 1.07. The second kappa shape index (κ2) is 2.70. The first-order chi connectivity index (χ1) is 5.04. The molecule has 1 aliphatic carbocycles. The predicted molar refractivity (Wildman–Crippen MR) is 48.1 cm³/mol. The van der Waals surface area contributed by atoms with Gasteiger partial charge in [-0.25, -0.2) is 0 Å². The molecule has 0 amide bonds. The van der Waals surface area contributed by atoms with Crippen molar-refractivity contribution in [3.05, 3.63) is 23.9 Å². The number of allylic oxidation sites excluding steroid dienone is 1. The molecule has 0 bridgehead atoms. The maximum Gasteiger partial charge on any atom is 0.0396 e. The molecule has 0 fully saturated rings. The van der Waals surface area contributed by atoms with Crippen molar-refractivity contribution >= 4 is 0 Å². The zero-order chi connectivity index (χ0) is 8.48. The quantitative estimate of drug-likeness (QED) is 0.610. The normalized spacial score (nSPS) is 30.7. The van der Waals surface area contributed by atoms with E-state index in [1.54, 1.807) is 0 Å². The maximum absolute atomic E-state index is 5.61. The lowest BCUT2D eigenvalue weighted by molar-refractivity contribution is 0.230. The van der Waals surface area contributed by atoms with Crippen molar-refractivity contribution in [2.75, 3.05) is 14.1 Å². The number of rotatable bonds is 1. The number of likely N-dealkylation sites (N-methyl/N-ethyl adjacent to an activating group) is 1. The summed E-state index contributed by atoms with van der Waals surface area (Å²) in [4.78, 5) is 2.20. The fraction of sp³-hybridized carbons (Fsp3) is 0.556. The second-order valence-corrected chi connectivity index (χ2v) is 3.49. The van der Waals surface area contributed by atoms with Crippen molar-refractivity contribution in [1.82, 2.24) is 4.90 Å². The number of nitrogens with two attached hydrogens (primary N) is 1. The topological polar surface area (TPSA) is 29.3 Å². The third-order valence-corrected chi connectivity index (χ3v) is 2.41. The summed E-state index contributed by atoms with van der Waals surface area (Å²) in [5, 5.41) is 0. The van der Waals surface area contributed by atoms with E-state index < -0.39 is 0 Å². The van der Waals surface area contributed by atoms with Crippen molar-refractivity contribution in [3.63, 3.8) is 0 Å². The zero-order valence-corrected chi connectivity index (χ0v) is 7.46. The van der Waals surface area contributed by atoms with Crippen LogP contribution in [0.15, 0.2) is 23.9 Å². The molecular formula is C9H16N2. The highest BCUT2D eigenvalue weighted by molar-refractivity contribution is 5.26. The van der Waals surface area contributed by atoms with Crippen molar-refractivity contribution in [2.24, 2.45) is 5.73 Å². The lowest BCUT2D eigenvalue weighted by Gasteiger charge is -2.34. The van der Waals surface area contributed by atoms with Crippen molar-refractivity contribution in [2.45, 2.75) is 18.9 Å². The molecule has 1 atom stereocenters. The van der Waals surface area contributed by atoms with Crippen LogP contribution in [0.3, 0.4) is 0 Å². The largest absolute Gasteiger partial charge is 0.399 e. The summed E-state index contributed by atoms with van der Waals surface area (Å²) in [6.07, 6.45) is 7.20. The molecular weight excluding hydrogens is 136 g/mol. The Kier molecular flexibility index (Phi) is 2.05. The molecule has 0 spiro atoms. The van der Waals surface area contributed by atoms with Gasteiger partial charge in [0.05, 0.1) is 0 Å². The van der Waals surface area contributed by atoms with Gasteiger partial charge in [0.2, 0.25) is 0 Å². The summed E-state index contributed by atoms with van der Waals surface area (Å²) < 4.78 is 0. The molecule has 0 aromatic rings. The molecule has 1 aliphatic rings. The Hall–Kier alpha value is -0.760. The van der Waals surface area contributed by atoms with E-state index in [1.165, 1.54) is 0 Å². The minimum Gasteiger partial charge on any atom is -0.399 e. The van der Waals surface area contributed by atoms with Gasteiger partial charge in [-0.05, 0) is 33.5 Å². The molecule has 0 aromatic carbocycles. The van der Waals surface area contributed by atoms with Gasteiger partial charge in [-0.3, -0.25) is 0 Å². The highest BCUT2D eigenvalue weighted by atomic mass is 15.1. The Morgan fingerprint density at radius 3 is 2.55 bits per heavy atom. The van der Waals surface area contributed by atoms with Crippen LogP contribution in [0, 0.1) is 0 Å². The Morgan fingerprint density at radius 1 is 1.55 bits per heavy atom. The standard InChI is InChI=1S/C9H16N2/c1-9(11(2)3)6-4-8(10)5-7-9/h4-6H,7,10H2,1-3H3. The van der Waals surface area contributed by atoms with Crippen LogP contribution in [-0.4, -0.2) is 24.5 Å². The summed E-state index contributed by atoms with van der Waals surface area (Å²) >= 11 is 0. The van der Waals surface area contributed by atoms with E-state index in [9.17, 15) is 0 Å². The molecule has 1 unspecified atom stereocenters. The predicted octanol–water partition coefficient (Wildman–Crippen LogP) is 1.11. The third kappa shape index (κ3) is 1.63. The molecule has 1 rings (SSSR count). The summed E-state index contributed by atoms with van der Waals surface area (Å²) in [6, 6.07) is 0. The van der Waals surface area contributed by atoms with Crippen LogP contribution in [0.4, 0.5) is 0 Å². The Bertz CT molecular complexity index is 204. The van der Waals surface area contributed by atoms with Gasteiger partial charge in [-0.2, -0.15) is 0 Å². The van der Waals surface area contributed by atoms with Crippen LogP contribution in [0.25, 0.3) is 0 Å². The van der Waals surface area contributed by atoms with Gasteiger partial charge in [0.25, 0.3) is 0 Å². The summed E-state index contributed by atoms with van der Waals surface area (Å²) in [5.41, 5.74) is 6.65. The average Bonchev–Trinajstić information content (AvgIpc) is 1.95. The fourth-order valence-electron chi connectivity index (χ4n) is 1.07. The number of hydrogen-bond acceptors (Lipinski definition) is 2. The average molecular weight is 152 g/mol. The Morgan fingerprint density at radius 2 is 2.18 bits per heavy atom. The molecule has 62 valence electrons. The zero-order valence-electron chi connectivity index (χ0n) is 7.46. The van der Waals surface area contributed by atoms with Crippen LogP contribution in [0.1, 0.15) is 13.3 Å². The van der Waals surface area contributed by atoms with E-state index >= 15 is 0 Å². The van der Waals surface area contributed by atoms with Gasteiger partial charge in [-0.1, -0.05) is 12.2 Å². The highest BCUT2D eigenvalue weighted by Gasteiger charge is 2.23. The SMILES string of the molecule is CN(C)C1(C)C=CC(N)=CC1. The van der Waals surface area contributed by atoms with E-state index in [0.717, 1.165) is 12.1 Å². The molecule has 11 heavy (non-hydrogen) atoms. The minimum absolute atomic E-state index is 0.156. The van der Waals surface area contributed by atoms with Crippen molar-refractivity contribution < 1.29 is 0 Å². The van der Waals surface area contributed by atoms with Crippen LogP contribution in [-0.2, 0) is 0 Å². The first kappa shape index (κ1) is 8.34. The van der Waals surface area contributed by atoms with Crippen LogP contribution in [0.2, 0.25) is 0 Å². The van der Waals surface area contributed by atoms with Crippen molar-refractivity contribution in [3.8, 4) is 0 Å². The number of nitrogens with zero attached hydrogens (tertiary/aromatic N) is 1. The van der Waals surface area contributed by atoms with E-state index in [0.29, 0.717) is 0 Å². The molecule has 2 heteroatoms. The summed E-state index contributed by atoms with van der Waals surface area (Å²) in [6.45, 7) is 2.20. The molecule has 0 saturated carbocycles. The second-order valence-electron chi connectivity index (χ2n) is 3.49. The molecule has 0 aliphatic heterocycles. The van der Waals surface area contributed by atoms with Crippen LogP contribution < -0.4 is 5.73 Å². The first-order valence-corrected chi connectivity index (χ1v) is 3.87. The lowest BCUT2D eigenvalue weighted by atomic mass is 9.91.